The molecule has 10 heavy (non-hydrogen) atoms. The van der Waals surface area contributed by atoms with Gasteiger partial charge in [0.15, 0.2) is 0 Å². The smallest absolute Gasteiger partial charge is 1.00 e. The van der Waals surface area contributed by atoms with Gasteiger partial charge in [-0.05, 0) is 0 Å². The number of para-hydroxylation sites is 1. The van der Waals surface area contributed by atoms with E-state index in [-0.39, 0.29) is 12.4 Å². The van der Waals surface area contributed by atoms with Gasteiger partial charge in [0.2, 0.25) is 0 Å². The van der Waals surface area contributed by atoms with Gasteiger partial charge in [-0.1, -0.05) is 0 Å². The van der Waals surface area contributed by atoms with E-state index < -0.39 is 0 Å². The van der Waals surface area contributed by atoms with Gasteiger partial charge in [0, 0.05) is 0 Å². The third-order valence-electron chi connectivity index (χ3n) is 0.899. The van der Waals surface area contributed by atoms with Gasteiger partial charge in [0.05, 0.1) is 0 Å². The van der Waals surface area contributed by atoms with Gasteiger partial charge in [0.1, 0.15) is 0 Å². The first-order valence-electron chi connectivity index (χ1n) is 2.61. The van der Waals surface area contributed by atoms with E-state index >= 15 is 0 Å². The second-order valence-corrected chi connectivity index (χ2v) is 2.21. The largest absolute Gasteiger partial charge is 1.00 e. The molecule has 0 spiro atoms. The topological polar surface area (TPSA) is 9.23 Å². The van der Waals surface area contributed by atoms with Crippen molar-refractivity contribution in [2.45, 2.75) is 5.82 Å². The van der Waals surface area contributed by atoms with Gasteiger partial charge >= 0.3 is 61.0 Å². The van der Waals surface area contributed by atoms with E-state index in [0.717, 1.165) is 21.0 Å². The van der Waals surface area contributed by atoms with Crippen molar-refractivity contribution in [3.8, 4) is 5.75 Å². The summed E-state index contributed by atoms with van der Waals surface area (Å²) < 4.78 is 5.21. The monoisotopic (exact) mass is 199 g/mol. The summed E-state index contributed by atoms with van der Waals surface area (Å²) in [6.07, 6.45) is 0. The molecule has 0 saturated carbocycles. The van der Waals surface area contributed by atoms with Crippen LogP contribution in [0.1, 0.15) is 0 Å². The molecule has 1 aromatic rings. The molecule has 0 fully saturated rings. The van der Waals surface area contributed by atoms with Crippen molar-refractivity contribution in [1.29, 1.82) is 0 Å². The van der Waals surface area contributed by atoms with Crippen LogP contribution >= 0.6 is 0 Å². The summed E-state index contributed by atoms with van der Waals surface area (Å²) in [5, 5.41) is 0. The predicted molar refractivity (Wildman–Crippen MR) is 32.9 cm³/mol. The Balaban J connectivity index is 0.000000810. The van der Waals surface area contributed by atoms with Crippen LogP contribution < -0.4 is 16.2 Å². The molecule has 0 saturated heterocycles. The fraction of sp³-hybridized carbons (Fsp3) is 0.143. The van der Waals surface area contributed by atoms with E-state index in [2.05, 4.69) is 0 Å². The molecule has 0 bridgehead atoms. The van der Waals surface area contributed by atoms with Crippen molar-refractivity contribution < 1.29 is 31.5 Å². The van der Waals surface area contributed by atoms with E-state index in [1.54, 1.807) is 0 Å². The molecule has 0 aliphatic carbocycles. The normalized spacial score (nSPS) is 8.10. The SMILES string of the molecule is [CH3][Fe+][O]c1ccccc1.[Cl-]. The first-order chi connectivity index (χ1) is 4.43. The van der Waals surface area contributed by atoms with Crippen LogP contribution in [0.3, 0.4) is 0 Å². The van der Waals surface area contributed by atoms with Crippen LogP contribution in [-0.2, 0) is 15.3 Å². The molecule has 1 nitrogen and oxygen atoms in total. The first-order valence-corrected chi connectivity index (χ1v) is 4.17. The molecule has 3 heteroatoms. The Morgan fingerprint density at radius 3 is 2.30 bits per heavy atom. The number of hydrogen-bond acceptors (Lipinski definition) is 1. The minimum absolute atomic E-state index is 0. The third-order valence-corrected chi connectivity index (χ3v) is 1.38. The second kappa shape index (κ2) is 5.60. The van der Waals surface area contributed by atoms with E-state index in [0.29, 0.717) is 0 Å². The van der Waals surface area contributed by atoms with Gasteiger partial charge in [-0.15, -0.1) is 0 Å². The maximum absolute atomic E-state index is 5.21. The second-order valence-electron chi connectivity index (χ2n) is 1.53. The molecule has 0 aromatic heterocycles. The Bertz CT molecular complexity index is 167. The van der Waals surface area contributed by atoms with Crippen LogP contribution in [0.5, 0.6) is 5.75 Å². The zero-order valence-corrected chi connectivity index (χ0v) is 7.39. The summed E-state index contributed by atoms with van der Waals surface area (Å²) in [6.45, 7) is 0. The summed E-state index contributed by atoms with van der Waals surface area (Å²) in [5.41, 5.74) is 0. The molecular formula is C7H8ClFeO. The van der Waals surface area contributed by atoms with Crippen LogP contribution in [0.15, 0.2) is 30.3 Å². The van der Waals surface area contributed by atoms with Crippen molar-refractivity contribution >= 4 is 0 Å². The quantitative estimate of drug-likeness (QED) is 0.562. The van der Waals surface area contributed by atoms with E-state index in [1.807, 2.05) is 36.2 Å². The molecule has 0 aliphatic heterocycles. The Labute approximate surface area is 73.7 Å². The molecule has 57 valence electrons. The summed E-state index contributed by atoms with van der Waals surface area (Å²) in [5.74, 6) is 2.92. The number of halogens is 1. The molecule has 0 unspecified atom stereocenters. The van der Waals surface area contributed by atoms with Crippen LogP contribution in [0.4, 0.5) is 0 Å². The van der Waals surface area contributed by atoms with Crippen molar-refractivity contribution in [1.82, 2.24) is 0 Å². The summed E-state index contributed by atoms with van der Waals surface area (Å²) in [4.78, 5) is 0. The van der Waals surface area contributed by atoms with Gasteiger partial charge in [-0.3, -0.25) is 0 Å². The molecule has 0 atom stereocenters. The number of rotatable bonds is 2. The first kappa shape index (κ1) is 9.83. The maximum atomic E-state index is 5.21. The van der Waals surface area contributed by atoms with Crippen molar-refractivity contribution in [2.24, 2.45) is 0 Å². The minimum atomic E-state index is 0. The predicted octanol–water partition coefficient (Wildman–Crippen LogP) is -0.885. The molecule has 0 heterocycles. The average Bonchev–Trinajstić information content (AvgIpc) is 1.91. The van der Waals surface area contributed by atoms with Crippen LogP contribution in [-0.4, -0.2) is 0 Å². The van der Waals surface area contributed by atoms with Crippen molar-refractivity contribution in [3.05, 3.63) is 30.3 Å². The molecule has 0 N–H and O–H groups in total. The van der Waals surface area contributed by atoms with Crippen LogP contribution in [0, 0.1) is 0 Å². The maximum Gasteiger partial charge on any atom is -1.00 e. The van der Waals surface area contributed by atoms with Gasteiger partial charge in [-0.25, -0.2) is 0 Å². The molecule has 1 rings (SSSR count). The van der Waals surface area contributed by atoms with E-state index in [4.69, 9.17) is 3.82 Å². The Morgan fingerprint density at radius 2 is 1.80 bits per heavy atom. The van der Waals surface area contributed by atoms with E-state index in [9.17, 15) is 0 Å². The summed E-state index contributed by atoms with van der Waals surface area (Å²) in [6, 6.07) is 9.80. The minimum Gasteiger partial charge on any atom is -1.00 e. The third kappa shape index (κ3) is 3.11. The molecular weight excluding hydrogens is 191 g/mol. The summed E-state index contributed by atoms with van der Waals surface area (Å²) in [7, 11) is 0. The van der Waals surface area contributed by atoms with Crippen molar-refractivity contribution in [3.63, 3.8) is 0 Å². The Kier molecular flexibility index (Phi) is 5.51. The van der Waals surface area contributed by atoms with Gasteiger partial charge in [0.25, 0.3) is 0 Å². The van der Waals surface area contributed by atoms with Gasteiger partial charge in [-0.2, -0.15) is 0 Å². The Hall–Kier alpha value is -0.171. The standard InChI is InChI=1S/C6H6O.CH3.ClH.Fe/c7-6-4-2-1-3-5-6;;;/h1-5,7H;1H3;1H;/q;;;+2/p-2. The molecule has 0 amide bonds. The zero-order chi connectivity index (χ0) is 6.53. The summed E-state index contributed by atoms with van der Waals surface area (Å²) >= 11 is 0.740. The Morgan fingerprint density at radius 1 is 1.20 bits per heavy atom. The molecule has 0 radical (unpaired) electrons. The molecule has 0 aliphatic rings. The fourth-order valence-corrected chi connectivity index (χ4v) is 0.962. The van der Waals surface area contributed by atoms with Crippen molar-refractivity contribution in [2.75, 3.05) is 0 Å². The van der Waals surface area contributed by atoms with Gasteiger partial charge < -0.3 is 12.4 Å². The average molecular weight is 199 g/mol. The van der Waals surface area contributed by atoms with Crippen LogP contribution in [0.25, 0.3) is 0 Å². The number of benzene rings is 1. The van der Waals surface area contributed by atoms with E-state index in [1.165, 1.54) is 0 Å². The zero-order valence-electron chi connectivity index (χ0n) is 5.53. The van der Waals surface area contributed by atoms with Crippen LogP contribution in [0.2, 0.25) is 5.82 Å². The number of hydrogen-bond donors (Lipinski definition) is 0. The fourth-order valence-electron chi connectivity index (χ4n) is 0.552. The molecule has 1 aromatic carbocycles.